The first-order chi connectivity index (χ1) is 9.19. The van der Waals surface area contributed by atoms with Gasteiger partial charge in [0.15, 0.2) is 5.69 Å². The molecular weight excluding hydrogens is 248 g/mol. The van der Waals surface area contributed by atoms with Crippen LogP contribution in [0.4, 0.5) is 5.69 Å². The van der Waals surface area contributed by atoms with Gasteiger partial charge in [-0.2, -0.15) is 0 Å². The Hall–Kier alpha value is -2.50. The molecule has 0 amide bonds. The summed E-state index contributed by atoms with van der Waals surface area (Å²) in [6, 6.07) is 7.44. The highest BCUT2D eigenvalue weighted by Crippen LogP contribution is 2.16. The molecular formula is C13H14N2O4. The van der Waals surface area contributed by atoms with Crippen LogP contribution in [0.5, 0.6) is 5.75 Å². The Morgan fingerprint density at radius 2 is 2.16 bits per heavy atom. The van der Waals surface area contributed by atoms with E-state index >= 15 is 0 Å². The average Bonchev–Trinajstić information content (AvgIpc) is 2.87. The minimum Gasteiger partial charge on any atom is -0.494 e. The number of rotatable bonds is 6. The molecule has 6 nitrogen and oxygen atoms in total. The number of aromatic nitrogens is 1. The van der Waals surface area contributed by atoms with Crippen molar-refractivity contribution < 1.29 is 19.1 Å². The van der Waals surface area contributed by atoms with Crippen LogP contribution in [0.2, 0.25) is 0 Å². The zero-order valence-corrected chi connectivity index (χ0v) is 10.4. The molecule has 6 heteroatoms. The number of carboxylic acid groups (broad SMARTS) is 1. The molecule has 1 heterocycles. The quantitative estimate of drug-likeness (QED) is 0.831. The second-order valence-electron chi connectivity index (χ2n) is 3.74. The highest BCUT2D eigenvalue weighted by Gasteiger charge is 2.09. The lowest BCUT2D eigenvalue weighted by Crippen LogP contribution is -2.01. The number of benzene rings is 1. The van der Waals surface area contributed by atoms with E-state index in [9.17, 15) is 4.79 Å². The summed E-state index contributed by atoms with van der Waals surface area (Å²) in [6.45, 7) is 2.87. The summed E-state index contributed by atoms with van der Waals surface area (Å²) >= 11 is 0. The summed E-state index contributed by atoms with van der Waals surface area (Å²) in [5.41, 5.74) is 0.780. The smallest absolute Gasteiger partial charge is 0.357 e. The zero-order chi connectivity index (χ0) is 13.7. The van der Waals surface area contributed by atoms with Gasteiger partial charge in [0.05, 0.1) is 13.2 Å². The van der Waals surface area contributed by atoms with Gasteiger partial charge in [-0.1, -0.05) is 0 Å². The topological polar surface area (TPSA) is 84.6 Å². The van der Waals surface area contributed by atoms with E-state index in [1.54, 1.807) is 0 Å². The van der Waals surface area contributed by atoms with Crippen LogP contribution >= 0.6 is 0 Å². The van der Waals surface area contributed by atoms with E-state index in [4.69, 9.17) is 14.3 Å². The van der Waals surface area contributed by atoms with Gasteiger partial charge in [0, 0.05) is 5.69 Å². The Labute approximate surface area is 110 Å². The third kappa shape index (κ3) is 3.48. The molecule has 19 heavy (non-hydrogen) atoms. The highest BCUT2D eigenvalue weighted by molar-refractivity contribution is 5.84. The van der Waals surface area contributed by atoms with Gasteiger partial charge in [0.2, 0.25) is 5.89 Å². The molecule has 0 saturated carbocycles. The standard InChI is InChI=1S/C13H14N2O4/c1-2-18-10-5-3-9(4-6-10)14-7-12-15-11(8-19-12)13(16)17/h3-6,8,14H,2,7H2,1H3,(H,16,17). The Balaban J connectivity index is 1.92. The molecule has 0 unspecified atom stereocenters. The minimum absolute atomic E-state index is 0.0940. The van der Waals surface area contributed by atoms with Crippen LogP contribution in [-0.4, -0.2) is 22.7 Å². The number of carbonyl (C=O) groups is 1. The molecule has 0 radical (unpaired) electrons. The fraction of sp³-hybridized carbons (Fsp3) is 0.231. The maximum atomic E-state index is 10.6. The first-order valence-electron chi connectivity index (χ1n) is 5.83. The van der Waals surface area contributed by atoms with Crippen molar-refractivity contribution in [3.05, 3.63) is 42.1 Å². The molecule has 2 rings (SSSR count). The van der Waals surface area contributed by atoms with Crippen molar-refractivity contribution in [1.82, 2.24) is 4.98 Å². The number of nitrogens with zero attached hydrogens (tertiary/aromatic N) is 1. The Kier molecular flexibility index (Phi) is 4.02. The Bertz CT molecular complexity index is 548. The van der Waals surface area contributed by atoms with E-state index < -0.39 is 5.97 Å². The van der Waals surface area contributed by atoms with Crippen molar-refractivity contribution in [3.8, 4) is 5.75 Å². The van der Waals surface area contributed by atoms with Gasteiger partial charge >= 0.3 is 5.97 Å². The van der Waals surface area contributed by atoms with Crippen molar-refractivity contribution in [1.29, 1.82) is 0 Å². The molecule has 100 valence electrons. The van der Waals surface area contributed by atoms with Gasteiger partial charge in [0.1, 0.15) is 12.0 Å². The number of anilines is 1. The number of hydrogen-bond acceptors (Lipinski definition) is 5. The van der Waals surface area contributed by atoms with Gasteiger partial charge in [-0.15, -0.1) is 0 Å². The second kappa shape index (κ2) is 5.90. The molecule has 0 saturated heterocycles. The lowest BCUT2D eigenvalue weighted by atomic mass is 10.3. The Morgan fingerprint density at radius 1 is 1.42 bits per heavy atom. The van der Waals surface area contributed by atoms with Crippen LogP contribution in [0.15, 0.2) is 34.9 Å². The van der Waals surface area contributed by atoms with Gasteiger partial charge in [0.25, 0.3) is 0 Å². The summed E-state index contributed by atoms with van der Waals surface area (Å²) in [5.74, 6) is 0.0275. The first kappa shape index (κ1) is 12.9. The van der Waals surface area contributed by atoms with Crippen molar-refractivity contribution in [3.63, 3.8) is 0 Å². The van der Waals surface area contributed by atoms with Crippen LogP contribution in [0, 0.1) is 0 Å². The number of nitrogens with one attached hydrogen (secondary N) is 1. The summed E-state index contributed by atoms with van der Waals surface area (Å²) in [6.07, 6.45) is 1.12. The van der Waals surface area contributed by atoms with E-state index in [1.165, 1.54) is 0 Å². The molecule has 0 bridgehead atoms. The number of hydrogen-bond donors (Lipinski definition) is 2. The normalized spacial score (nSPS) is 10.2. The number of carboxylic acids is 1. The van der Waals surface area contributed by atoms with Crippen molar-refractivity contribution in [2.24, 2.45) is 0 Å². The van der Waals surface area contributed by atoms with Gasteiger partial charge in [-0.3, -0.25) is 0 Å². The minimum atomic E-state index is -1.10. The monoisotopic (exact) mass is 262 g/mol. The van der Waals surface area contributed by atoms with Crippen molar-refractivity contribution in [2.45, 2.75) is 13.5 Å². The molecule has 0 aliphatic rings. The summed E-state index contributed by atoms with van der Waals surface area (Å²) in [7, 11) is 0. The molecule has 0 aliphatic heterocycles. The molecule has 2 aromatic rings. The number of ether oxygens (including phenoxy) is 1. The fourth-order valence-corrected chi connectivity index (χ4v) is 1.50. The summed E-state index contributed by atoms with van der Waals surface area (Å²) in [5, 5.41) is 11.8. The first-order valence-corrected chi connectivity index (χ1v) is 5.83. The number of oxazole rings is 1. The summed E-state index contributed by atoms with van der Waals surface area (Å²) in [4.78, 5) is 14.4. The summed E-state index contributed by atoms with van der Waals surface area (Å²) < 4.78 is 10.4. The third-order valence-corrected chi connectivity index (χ3v) is 2.38. The molecule has 0 spiro atoms. The van der Waals surface area contributed by atoms with Crippen LogP contribution in [0.25, 0.3) is 0 Å². The average molecular weight is 262 g/mol. The van der Waals surface area contributed by atoms with Crippen LogP contribution in [-0.2, 0) is 6.54 Å². The number of aromatic carboxylic acids is 1. The molecule has 0 fully saturated rings. The maximum Gasteiger partial charge on any atom is 0.357 e. The Morgan fingerprint density at radius 3 is 2.74 bits per heavy atom. The van der Waals surface area contributed by atoms with Crippen LogP contribution < -0.4 is 10.1 Å². The predicted molar refractivity (Wildman–Crippen MR) is 68.4 cm³/mol. The predicted octanol–water partition coefficient (Wildman–Crippen LogP) is 2.38. The van der Waals surface area contributed by atoms with Gasteiger partial charge < -0.3 is 19.6 Å². The lowest BCUT2D eigenvalue weighted by molar-refractivity contribution is 0.0690. The SMILES string of the molecule is CCOc1ccc(NCc2nc(C(=O)O)co2)cc1. The van der Waals surface area contributed by atoms with Crippen molar-refractivity contribution in [2.75, 3.05) is 11.9 Å². The fourth-order valence-electron chi connectivity index (χ4n) is 1.50. The molecule has 0 atom stereocenters. The highest BCUT2D eigenvalue weighted by atomic mass is 16.5. The third-order valence-electron chi connectivity index (χ3n) is 2.38. The van der Waals surface area contributed by atoms with E-state index in [0.29, 0.717) is 19.0 Å². The van der Waals surface area contributed by atoms with Crippen molar-refractivity contribution >= 4 is 11.7 Å². The maximum absolute atomic E-state index is 10.6. The van der Waals surface area contributed by atoms with Gasteiger partial charge in [-0.25, -0.2) is 9.78 Å². The van der Waals surface area contributed by atoms with Crippen LogP contribution in [0.1, 0.15) is 23.3 Å². The van der Waals surface area contributed by atoms with E-state index in [1.807, 2.05) is 31.2 Å². The second-order valence-corrected chi connectivity index (χ2v) is 3.74. The van der Waals surface area contributed by atoms with E-state index in [0.717, 1.165) is 17.7 Å². The molecule has 0 aliphatic carbocycles. The van der Waals surface area contributed by atoms with E-state index in [-0.39, 0.29) is 5.69 Å². The van der Waals surface area contributed by atoms with E-state index in [2.05, 4.69) is 10.3 Å². The largest absolute Gasteiger partial charge is 0.494 e. The molecule has 1 aromatic carbocycles. The molecule has 2 N–H and O–H groups in total. The zero-order valence-electron chi connectivity index (χ0n) is 10.4. The molecule has 1 aromatic heterocycles. The van der Waals surface area contributed by atoms with Gasteiger partial charge in [-0.05, 0) is 31.2 Å². The van der Waals surface area contributed by atoms with Crippen LogP contribution in [0.3, 0.4) is 0 Å². The lowest BCUT2D eigenvalue weighted by Gasteiger charge is -2.06.